The van der Waals surface area contributed by atoms with Crippen molar-refractivity contribution in [2.24, 2.45) is 0 Å². The maximum Gasteiger partial charge on any atom is 0.359 e. The lowest BCUT2D eigenvalue weighted by molar-refractivity contribution is 0.0517. The first-order valence-electron chi connectivity index (χ1n) is 7.87. The summed E-state index contributed by atoms with van der Waals surface area (Å²) in [6.07, 6.45) is 4.26. The fourth-order valence-electron chi connectivity index (χ4n) is 2.78. The average molecular weight is 317 g/mol. The molecule has 122 valence electrons. The van der Waals surface area contributed by atoms with Gasteiger partial charge >= 0.3 is 5.97 Å². The molecule has 0 fully saturated rings. The van der Waals surface area contributed by atoms with Gasteiger partial charge < -0.3 is 9.15 Å². The molecule has 0 atom stereocenters. The number of carbonyl (C=O) groups excluding carboxylic acids is 2. The molecule has 0 saturated carbocycles. The number of carbonyl (C=O) groups is 2. The normalized spacial score (nSPS) is 13.9. The Bertz CT molecular complexity index is 745. The molecule has 7 nitrogen and oxygen atoms in total. The third-order valence-corrected chi connectivity index (χ3v) is 3.85. The van der Waals surface area contributed by atoms with Crippen LogP contribution >= 0.6 is 0 Å². The Labute approximate surface area is 133 Å². The van der Waals surface area contributed by atoms with Crippen molar-refractivity contribution in [3.8, 4) is 0 Å². The summed E-state index contributed by atoms with van der Waals surface area (Å²) < 4.78 is 12.2. The lowest BCUT2D eigenvalue weighted by Crippen LogP contribution is -2.17. The van der Waals surface area contributed by atoms with Crippen molar-refractivity contribution in [1.82, 2.24) is 14.8 Å². The topological polar surface area (TPSA) is 87.2 Å². The molecule has 23 heavy (non-hydrogen) atoms. The Morgan fingerprint density at radius 2 is 2.22 bits per heavy atom. The quantitative estimate of drug-likeness (QED) is 0.785. The Balaban J connectivity index is 1.98. The second-order valence-electron chi connectivity index (χ2n) is 5.40. The summed E-state index contributed by atoms with van der Waals surface area (Å²) in [6.45, 7) is 4.22. The standard InChI is InChI=1S/C16H19N3O4/c1-3-10-8-17-13(23-10)9-19-15-11(6-5-7-12(15)20)14(18-19)16(21)22-4-2/h8H,3-7,9H2,1-2H3. The van der Waals surface area contributed by atoms with Gasteiger partial charge in [0, 0.05) is 18.4 Å². The molecule has 0 radical (unpaired) electrons. The Kier molecular flexibility index (Phi) is 4.27. The fourth-order valence-corrected chi connectivity index (χ4v) is 2.78. The molecular formula is C16H19N3O4. The van der Waals surface area contributed by atoms with E-state index in [1.54, 1.807) is 13.1 Å². The summed E-state index contributed by atoms with van der Waals surface area (Å²) in [5.41, 5.74) is 1.40. The van der Waals surface area contributed by atoms with E-state index in [0.29, 0.717) is 30.0 Å². The largest absolute Gasteiger partial charge is 0.461 e. The highest BCUT2D eigenvalue weighted by Gasteiger charge is 2.30. The van der Waals surface area contributed by atoms with Crippen LogP contribution in [-0.2, 0) is 24.1 Å². The summed E-state index contributed by atoms with van der Waals surface area (Å²) in [6, 6.07) is 0. The van der Waals surface area contributed by atoms with Crippen molar-refractivity contribution >= 4 is 11.8 Å². The zero-order chi connectivity index (χ0) is 16.4. The number of rotatable bonds is 5. The SMILES string of the molecule is CCOC(=O)c1nn(Cc2ncc(CC)o2)c2c1CCCC2=O. The summed E-state index contributed by atoms with van der Waals surface area (Å²) in [5.74, 6) is 0.759. The third kappa shape index (κ3) is 2.91. The van der Waals surface area contributed by atoms with E-state index in [0.717, 1.165) is 18.6 Å². The van der Waals surface area contributed by atoms with E-state index in [2.05, 4.69) is 10.1 Å². The summed E-state index contributed by atoms with van der Waals surface area (Å²) >= 11 is 0. The Hall–Kier alpha value is -2.44. The van der Waals surface area contributed by atoms with Gasteiger partial charge in [-0.05, 0) is 19.8 Å². The first-order chi connectivity index (χ1) is 11.1. The number of nitrogens with zero attached hydrogens (tertiary/aromatic N) is 3. The van der Waals surface area contributed by atoms with Gasteiger partial charge in [0.15, 0.2) is 11.5 Å². The second kappa shape index (κ2) is 6.36. The molecule has 0 amide bonds. The lowest BCUT2D eigenvalue weighted by atomic mass is 9.94. The van der Waals surface area contributed by atoms with Crippen LogP contribution in [0.4, 0.5) is 0 Å². The third-order valence-electron chi connectivity index (χ3n) is 3.85. The number of aromatic nitrogens is 3. The minimum Gasteiger partial charge on any atom is -0.461 e. The zero-order valence-electron chi connectivity index (χ0n) is 13.3. The van der Waals surface area contributed by atoms with Crippen molar-refractivity contribution < 1.29 is 18.7 Å². The molecule has 1 aliphatic rings. The second-order valence-corrected chi connectivity index (χ2v) is 5.40. The van der Waals surface area contributed by atoms with Gasteiger partial charge in [-0.3, -0.25) is 9.48 Å². The molecule has 7 heteroatoms. The molecule has 0 N–H and O–H groups in total. The van der Waals surface area contributed by atoms with Crippen molar-refractivity contribution in [1.29, 1.82) is 0 Å². The number of esters is 1. The van der Waals surface area contributed by atoms with Gasteiger partial charge in [-0.1, -0.05) is 6.92 Å². The van der Waals surface area contributed by atoms with Crippen LogP contribution in [0, 0.1) is 0 Å². The first kappa shape index (κ1) is 15.5. The molecule has 2 aromatic heterocycles. The maximum absolute atomic E-state index is 12.3. The first-order valence-corrected chi connectivity index (χ1v) is 7.87. The molecular weight excluding hydrogens is 298 g/mol. The summed E-state index contributed by atoms with van der Waals surface area (Å²) in [5, 5.41) is 4.31. The summed E-state index contributed by atoms with van der Waals surface area (Å²) in [4.78, 5) is 28.6. The van der Waals surface area contributed by atoms with Crippen LogP contribution in [0.5, 0.6) is 0 Å². The highest BCUT2D eigenvalue weighted by Crippen LogP contribution is 2.26. The average Bonchev–Trinajstić information content (AvgIpc) is 3.13. The van der Waals surface area contributed by atoms with Crippen molar-refractivity contribution in [2.75, 3.05) is 6.61 Å². The predicted octanol–water partition coefficient (Wildman–Crippen LogP) is 2.18. The van der Waals surface area contributed by atoms with Crippen LogP contribution < -0.4 is 0 Å². The number of fused-ring (bicyclic) bond motifs is 1. The number of ketones is 1. The molecule has 3 rings (SSSR count). The van der Waals surface area contributed by atoms with Gasteiger partial charge in [-0.2, -0.15) is 5.10 Å². The Morgan fingerprint density at radius 3 is 2.91 bits per heavy atom. The van der Waals surface area contributed by atoms with Crippen molar-refractivity contribution in [3.63, 3.8) is 0 Å². The molecule has 0 saturated heterocycles. The van der Waals surface area contributed by atoms with Gasteiger partial charge in [-0.15, -0.1) is 0 Å². The monoisotopic (exact) mass is 317 g/mol. The number of aryl methyl sites for hydroxylation is 1. The van der Waals surface area contributed by atoms with Crippen LogP contribution in [0.2, 0.25) is 0 Å². The predicted molar refractivity (Wildman–Crippen MR) is 80.4 cm³/mol. The fraction of sp³-hybridized carbons (Fsp3) is 0.500. The van der Waals surface area contributed by atoms with E-state index < -0.39 is 5.97 Å². The van der Waals surface area contributed by atoms with Crippen molar-refractivity contribution in [3.05, 3.63) is 34.8 Å². The van der Waals surface area contributed by atoms with Crippen molar-refractivity contribution in [2.45, 2.75) is 46.1 Å². The van der Waals surface area contributed by atoms with Crippen LogP contribution in [0.1, 0.15) is 64.9 Å². The van der Waals surface area contributed by atoms with E-state index in [4.69, 9.17) is 9.15 Å². The highest BCUT2D eigenvalue weighted by molar-refractivity contribution is 6.00. The van der Waals surface area contributed by atoms with Crippen LogP contribution in [0.3, 0.4) is 0 Å². The number of oxazole rings is 1. The molecule has 0 unspecified atom stereocenters. The lowest BCUT2D eigenvalue weighted by Gasteiger charge is -2.12. The van der Waals surface area contributed by atoms with Gasteiger partial charge in [-0.25, -0.2) is 9.78 Å². The molecule has 0 spiro atoms. The van der Waals surface area contributed by atoms with Crippen LogP contribution in [0.25, 0.3) is 0 Å². The number of hydrogen-bond donors (Lipinski definition) is 0. The van der Waals surface area contributed by atoms with E-state index >= 15 is 0 Å². The van der Waals surface area contributed by atoms with E-state index in [-0.39, 0.29) is 24.6 Å². The van der Waals surface area contributed by atoms with Crippen LogP contribution in [0.15, 0.2) is 10.6 Å². The molecule has 0 aliphatic heterocycles. The molecule has 2 heterocycles. The smallest absolute Gasteiger partial charge is 0.359 e. The van der Waals surface area contributed by atoms with E-state index in [1.807, 2.05) is 6.92 Å². The number of hydrogen-bond acceptors (Lipinski definition) is 6. The maximum atomic E-state index is 12.3. The number of ether oxygens (including phenoxy) is 1. The molecule has 0 aromatic carbocycles. The molecule has 2 aromatic rings. The highest BCUT2D eigenvalue weighted by atomic mass is 16.5. The van der Waals surface area contributed by atoms with E-state index in [9.17, 15) is 9.59 Å². The minimum absolute atomic E-state index is 0.00318. The van der Waals surface area contributed by atoms with Gasteiger partial charge in [0.2, 0.25) is 5.89 Å². The minimum atomic E-state index is -0.487. The van der Waals surface area contributed by atoms with Gasteiger partial charge in [0.1, 0.15) is 18.0 Å². The van der Waals surface area contributed by atoms with Crippen LogP contribution in [-0.4, -0.2) is 33.1 Å². The molecule has 0 bridgehead atoms. The van der Waals surface area contributed by atoms with Gasteiger partial charge in [0.25, 0.3) is 0 Å². The summed E-state index contributed by atoms with van der Waals surface area (Å²) in [7, 11) is 0. The zero-order valence-corrected chi connectivity index (χ0v) is 13.3. The Morgan fingerprint density at radius 1 is 1.39 bits per heavy atom. The number of Topliss-reactive ketones (excluding diaryl/α,β-unsaturated/α-hetero) is 1. The molecule has 1 aliphatic carbocycles. The van der Waals surface area contributed by atoms with Gasteiger partial charge in [0.05, 0.1) is 12.8 Å². The van der Waals surface area contributed by atoms with E-state index in [1.165, 1.54) is 4.68 Å².